The summed E-state index contributed by atoms with van der Waals surface area (Å²) in [7, 11) is 0. The first-order valence-corrected chi connectivity index (χ1v) is 10.2. The van der Waals surface area contributed by atoms with Gasteiger partial charge in [-0.3, -0.25) is 0 Å². The van der Waals surface area contributed by atoms with Crippen molar-refractivity contribution < 1.29 is 0 Å². The van der Waals surface area contributed by atoms with Gasteiger partial charge in [-0.25, -0.2) is 4.99 Å². The van der Waals surface area contributed by atoms with E-state index >= 15 is 0 Å². The molecule has 3 aromatic rings. The SMILES string of the molecule is CC(=CSc1ccccc1)C(=Nc1ccccc1)Sc1ccccc1C. The van der Waals surface area contributed by atoms with Crippen LogP contribution in [-0.2, 0) is 0 Å². The molecule has 0 N–H and O–H groups in total. The van der Waals surface area contributed by atoms with E-state index in [-0.39, 0.29) is 0 Å². The fraction of sp³-hybridized carbons (Fsp3) is 0.0870. The normalized spacial score (nSPS) is 12.2. The summed E-state index contributed by atoms with van der Waals surface area (Å²) in [5, 5.41) is 3.21. The molecule has 0 radical (unpaired) electrons. The number of aryl methyl sites for hydroxylation is 1. The Morgan fingerprint density at radius 3 is 2.12 bits per heavy atom. The number of hydrogen-bond acceptors (Lipinski definition) is 3. The predicted molar refractivity (Wildman–Crippen MR) is 117 cm³/mol. The van der Waals surface area contributed by atoms with Crippen LogP contribution in [-0.4, -0.2) is 5.04 Å². The highest BCUT2D eigenvalue weighted by atomic mass is 32.2. The minimum Gasteiger partial charge on any atom is -0.241 e. The van der Waals surface area contributed by atoms with Crippen LogP contribution >= 0.6 is 23.5 Å². The number of thioether (sulfide) groups is 2. The molecule has 130 valence electrons. The van der Waals surface area contributed by atoms with Crippen molar-refractivity contribution in [3.05, 3.63) is 101 Å². The summed E-state index contributed by atoms with van der Waals surface area (Å²) >= 11 is 3.45. The maximum Gasteiger partial charge on any atom is 0.105 e. The Bertz CT molecular complexity index is 900. The second-order valence-electron chi connectivity index (χ2n) is 5.85. The van der Waals surface area contributed by atoms with Crippen LogP contribution in [0.15, 0.2) is 111 Å². The van der Waals surface area contributed by atoms with E-state index in [2.05, 4.69) is 67.8 Å². The molecule has 0 saturated carbocycles. The smallest absolute Gasteiger partial charge is 0.105 e. The van der Waals surface area contributed by atoms with Gasteiger partial charge in [0.05, 0.1) is 5.69 Å². The number of para-hydroxylation sites is 1. The Hall–Kier alpha value is -2.23. The van der Waals surface area contributed by atoms with E-state index in [1.807, 2.05) is 36.4 Å². The van der Waals surface area contributed by atoms with Crippen molar-refractivity contribution in [2.24, 2.45) is 4.99 Å². The van der Waals surface area contributed by atoms with E-state index in [9.17, 15) is 0 Å². The Labute approximate surface area is 164 Å². The first-order valence-electron chi connectivity index (χ1n) is 8.48. The highest BCUT2D eigenvalue weighted by molar-refractivity contribution is 8.14. The maximum atomic E-state index is 4.91. The quantitative estimate of drug-likeness (QED) is 0.260. The van der Waals surface area contributed by atoms with Gasteiger partial charge in [0, 0.05) is 9.79 Å². The second-order valence-corrected chi connectivity index (χ2v) is 7.83. The molecule has 0 aromatic heterocycles. The molecule has 0 atom stereocenters. The van der Waals surface area contributed by atoms with Gasteiger partial charge < -0.3 is 0 Å². The van der Waals surface area contributed by atoms with E-state index in [4.69, 9.17) is 4.99 Å². The molecule has 0 aliphatic rings. The van der Waals surface area contributed by atoms with Crippen molar-refractivity contribution >= 4 is 34.3 Å². The first kappa shape index (κ1) is 18.6. The highest BCUT2D eigenvalue weighted by Gasteiger charge is 2.08. The van der Waals surface area contributed by atoms with Crippen molar-refractivity contribution in [1.29, 1.82) is 0 Å². The fourth-order valence-corrected chi connectivity index (χ4v) is 4.06. The first-order chi connectivity index (χ1) is 12.7. The van der Waals surface area contributed by atoms with Crippen LogP contribution in [0.5, 0.6) is 0 Å². The maximum absolute atomic E-state index is 4.91. The van der Waals surface area contributed by atoms with Gasteiger partial charge in [-0.1, -0.05) is 78.1 Å². The van der Waals surface area contributed by atoms with Crippen LogP contribution in [0.1, 0.15) is 12.5 Å². The molecule has 0 amide bonds. The zero-order chi connectivity index (χ0) is 18.2. The highest BCUT2D eigenvalue weighted by Crippen LogP contribution is 2.30. The molecule has 1 nitrogen and oxygen atoms in total. The Kier molecular flexibility index (Phi) is 6.75. The molecule has 3 heteroatoms. The number of nitrogens with zero attached hydrogens (tertiary/aromatic N) is 1. The van der Waals surface area contributed by atoms with Crippen LogP contribution in [0.25, 0.3) is 0 Å². The zero-order valence-corrected chi connectivity index (χ0v) is 16.6. The molecule has 0 bridgehead atoms. The molecule has 0 unspecified atom stereocenters. The monoisotopic (exact) mass is 375 g/mol. The molecule has 3 rings (SSSR count). The molecule has 0 aliphatic heterocycles. The third kappa shape index (κ3) is 5.38. The molecular weight excluding hydrogens is 354 g/mol. The average Bonchev–Trinajstić information content (AvgIpc) is 2.69. The number of rotatable bonds is 5. The van der Waals surface area contributed by atoms with Gasteiger partial charge in [0.25, 0.3) is 0 Å². The van der Waals surface area contributed by atoms with Gasteiger partial charge in [-0.05, 0) is 60.7 Å². The lowest BCUT2D eigenvalue weighted by Crippen LogP contribution is -1.95. The van der Waals surface area contributed by atoms with E-state index < -0.39 is 0 Å². The van der Waals surface area contributed by atoms with Gasteiger partial charge in [0.2, 0.25) is 0 Å². The number of benzene rings is 3. The molecule has 26 heavy (non-hydrogen) atoms. The number of hydrogen-bond donors (Lipinski definition) is 0. The Morgan fingerprint density at radius 2 is 1.42 bits per heavy atom. The van der Waals surface area contributed by atoms with E-state index in [1.165, 1.54) is 15.4 Å². The second kappa shape index (κ2) is 9.46. The van der Waals surface area contributed by atoms with Crippen LogP contribution < -0.4 is 0 Å². The minimum absolute atomic E-state index is 0.973. The van der Waals surface area contributed by atoms with Gasteiger partial charge in [0.1, 0.15) is 5.04 Å². The lowest BCUT2D eigenvalue weighted by atomic mass is 10.2. The van der Waals surface area contributed by atoms with Crippen LogP contribution in [0.4, 0.5) is 5.69 Å². The lowest BCUT2D eigenvalue weighted by molar-refractivity contribution is 1.31. The Balaban J connectivity index is 1.89. The molecular formula is C23H21NS2. The van der Waals surface area contributed by atoms with Crippen molar-refractivity contribution in [3.8, 4) is 0 Å². The van der Waals surface area contributed by atoms with Gasteiger partial charge in [0.15, 0.2) is 0 Å². The van der Waals surface area contributed by atoms with E-state index in [0.717, 1.165) is 16.3 Å². The molecule has 0 heterocycles. The van der Waals surface area contributed by atoms with Crippen LogP contribution in [0, 0.1) is 6.92 Å². The van der Waals surface area contributed by atoms with Gasteiger partial charge in [-0.2, -0.15) is 0 Å². The Morgan fingerprint density at radius 1 is 0.808 bits per heavy atom. The third-order valence-electron chi connectivity index (χ3n) is 3.74. The predicted octanol–water partition coefficient (Wildman–Crippen LogP) is 7.51. The average molecular weight is 376 g/mol. The van der Waals surface area contributed by atoms with Gasteiger partial charge >= 0.3 is 0 Å². The zero-order valence-electron chi connectivity index (χ0n) is 14.9. The topological polar surface area (TPSA) is 12.4 Å². The summed E-state index contributed by atoms with van der Waals surface area (Å²) in [6.45, 7) is 4.27. The third-order valence-corrected chi connectivity index (χ3v) is 6.04. The standard InChI is InChI=1S/C23H21NS2/c1-18-11-9-10-16-22(18)26-23(24-20-12-5-3-6-13-20)19(2)17-25-21-14-7-4-8-15-21/h3-17H,1-2H3. The lowest BCUT2D eigenvalue weighted by Gasteiger charge is -2.09. The molecule has 0 aliphatic carbocycles. The summed E-state index contributed by atoms with van der Waals surface area (Å²) in [5.41, 5.74) is 3.40. The van der Waals surface area contributed by atoms with E-state index in [1.54, 1.807) is 23.5 Å². The number of aliphatic imine (C=N–C) groups is 1. The molecule has 3 aromatic carbocycles. The van der Waals surface area contributed by atoms with Crippen molar-refractivity contribution in [1.82, 2.24) is 0 Å². The van der Waals surface area contributed by atoms with Gasteiger partial charge in [-0.15, -0.1) is 0 Å². The molecule has 0 saturated heterocycles. The fourth-order valence-electron chi connectivity index (χ4n) is 2.29. The minimum atomic E-state index is 0.973. The summed E-state index contributed by atoms with van der Waals surface area (Å²) < 4.78 is 0. The van der Waals surface area contributed by atoms with Crippen molar-refractivity contribution in [3.63, 3.8) is 0 Å². The van der Waals surface area contributed by atoms with Crippen LogP contribution in [0.2, 0.25) is 0 Å². The van der Waals surface area contributed by atoms with E-state index in [0.29, 0.717) is 0 Å². The van der Waals surface area contributed by atoms with Crippen molar-refractivity contribution in [2.75, 3.05) is 0 Å². The summed E-state index contributed by atoms with van der Waals surface area (Å²) in [5.74, 6) is 0. The molecule has 0 fully saturated rings. The summed E-state index contributed by atoms with van der Waals surface area (Å²) in [6, 6.07) is 29.0. The summed E-state index contributed by atoms with van der Waals surface area (Å²) in [6.07, 6.45) is 0. The van der Waals surface area contributed by atoms with Crippen LogP contribution in [0.3, 0.4) is 0 Å². The largest absolute Gasteiger partial charge is 0.241 e. The van der Waals surface area contributed by atoms with Crippen molar-refractivity contribution in [2.45, 2.75) is 23.6 Å². The summed E-state index contributed by atoms with van der Waals surface area (Å²) in [4.78, 5) is 7.37. The molecule has 0 spiro atoms.